The second-order valence-electron chi connectivity index (χ2n) is 3.75. The molecule has 0 aliphatic heterocycles. The summed E-state index contributed by atoms with van der Waals surface area (Å²) in [7, 11) is 4.36. The Morgan fingerprint density at radius 2 is 1.95 bits per heavy atom. The van der Waals surface area contributed by atoms with E-state index >= 15 is 0 Å². The zero-order valence-corrected chi connectivity index (χ0v) is 12.4. The number of ether oxygens (including phenoxy) is 2. The van der Waals surface area contributed by atoms with Gasteiger partial charge in [-0.05, 0) is 28.1 Å². The number of rotatable bonds is 5. The average molecular weight is 332 g/mol. The molecule has 0 radical (unpaired) electrons. The molecule has 0 heterocycles. The van der Waals surface area contributed by atoms with Crippen molar-refractivity contribution in [2.75, 3.05) is 27.8 Å². The first-order valence-corrected chi connectivity index (χ1v) is 6.08. The molecular weight excluding hydrogens is 318 g/mol. The molecule has 0 bridgehead atoms. The fraction of sp³-hybridized carbons (Fsp3) is 0.333. The molecule has 1 aromatic rings. The highest BCUT2D eigenvalue weighted by molar-refractivity contribution is 9.10. The van der Waals surface area contributed by atoms with Crippen LogP contribution in [0.4, 0.5) is 0 Å². The van der Waals surface area contributed by atoms with Crippen LogP contribution in [0, 0.1) is 0 Å². The third-order valence-corrected chi connectivity index (χ3v) is 2.99. The average Bonchev–Trinajstić information content (AvgIpc) is 2.35. The molecular formula is C12H14BrNO5. The van der Waals surface area contributed by atoms with E-state index in [9.17, 15) is 9.59 Å². The minimum Gasteiger partial charge on any atom is -0.493 e. The van der Waals surface area contributed by atoms with Crippen LogP contribution in [0.3, 0.4) is 0 Å². The van der Waals surface area contributed by atoms with Crippen LogP contribution in [-0.4, -0.2) is 49.7 Å². The van der Waals surface area contributed by atoms with Crippen molar-refractivity contribution in [1.29, 1.82) is 0 Å². The topological polar surface area (TPSA) is 76.1 Å². The Morgan fingerprint density at radius 1 is 1.32 bits per heavy atom. The van der Waals surface area contributed by atoms with E-state index < -0.39 is 11.9 Å². The van der Waals surface area contributed by atoms with E-state index in [1.165, 1.54) is 27.3 Å². The number of benzene rings is 1. The highest BCUT2D eigenvalue weighted by atomic mass is 79.9. The van der Waals surface area contributed by atoms with Gasteiger partial charge in [-0.25, -0.2) is 0 Å². The number of amides is 1. The summed E-state index contributed by atoms with van der Waals surface area (Å²) in [5.74, 6) is -0.622. The zero-order chi connectivity index (χ0) is 14.6. The standard InChI is InChI=1S/C12H14BrNO5/c1-14(6-10(15)16)12(17)7-4-8(13)11(19-3)9(5-7)18-2/h4-5H,6H2,1-3H3,(H,15,16). The SMILES string of the molecule is COc1cc(C(=O)N(C)CC(=O)O)cc(Br)c1OC. The van der Waals surface area contributed by atoms with Gasteiger partial charge in [-0.15, -0.1) is 0 Å². The Labute approximate surface area is 119 Å². The first-order chi connectivity index (χ1) is 8.90. The predicted molar refractivity (Wildman–Crippen MR) is 71.8 cm³/mol. The number of carboxylic acids is 1. The summed E-state index contributed by atoms with van der Waals surface area (Å²) in [4.78, 5) is 23.7. The summed E-state index contributed by atoms with van der Waals surface area (Å²) < 4.78 is 10.8. The third-order valence-electron chi connectivity index (χ3n) is 2.40. The first-order valence-electron chi connectivity index (χ1n) is 5.29. The molecule has 7 heteroatoms. The van der Waals surface area contributed by atoms with Gasteiger partial charge >= 0.3 is 5.97 Å². The van der Waals surface area contributed by atoms with Gasteiger partial charge in [-0.1, -0.05) is 0 Å². The van der Waals surface area contributed by atoms with Crippen molar-refractivity contribution >= 4 is 27.8 Å². The van der Waals surface area contributed by atoms with Crippen LogP contribution in [-0.2, 0) is 4.79 Å². The maximum Gasteiger partial charge on any atom is 0.323 e. The Kier molecular flexibility index (Phi) is 5.17. The Balaban J connectivity index is 3.11. The van der Waals surface area contributed by atoms with E-state index in [-0.39, 0.29) is 6.54 Å². The molecule has 0 saturated carbocycles. The molecule has 1 N–H and O–H groups in total. The van der Waals surface area contributed by atoms with Crippen molar-refractivity contribution in [2.24, 2.45) is 0 Å². The molecule has 6 nitrogen and oxygen atoms in total. The van der Waals surface area contributed by atoms with E-state index in [1.54, 1.807) is 6.07 Å². The predicted octanol–water partition coefficient (Wildman–Crippen LogP) is 1.62. The Morgan fingerprint density at radius 3 is 2.42 bits per heavy atom. The van der Waals surface area contributed by atoms with Crippen molar-refractivity contribution in [1.82, 2.24) is 4.90 Å². The minimum atomic E-state index is -1.07. The number of likely N-dealkylation sites (N-methyl/N-ethyl adjacent to an activating group) is 1. The van der Waals surface area contributed by atoms with Gasteiger partial charge in [0.25, 0.3) is 5.91 Å². The van der Waals surface area contributed by atoms with Crippen molar-refractivity contribution in [3.8, 4) is 11.5 Å². The van der Waals surface area contributed by atoms with Crippen molar-refractivity contribution in [3.05, 3.63) is 22.2 Å². The lowest BCUT2D eigenvalue weighted by molar-refractivity contribution is -0.137. The van der Waals surface area contributed by atoms with Crippen LogP contribution < -0.4 is 9.47 Å². The van der Waals surface area contributed by atoms with Gasteiger partial charge in [-0.2, -0.15) is 0 Å². The maximum absolute atomic E-state index is 12.0. The molecule has 1 aromatic carbocycles. The molecule has 1 rings (SSSR count). The lowest BCUT2D eigenvalue weighted by atomic mass is 10.1. The molecule has 104 valence electrons. The van der Waals surface area contributed by atoms with Gasteiger partial charge < -0.3 is 19.5 Å². The lowest BCUT2D eigenvalue weighted by Crippen LogP contribution is -2.31. The Hall–Kier alpha value is -1.76. The van der Waals surface area contributed by atoms with Crippen LogP contribution in [0.1, 0.15) is 10.4 Å². The molecule has 0 aromatic heterocycles. The largest absolute Gasteiger partial charge is 0.493 e. The molecule has 0 saturated heterocycles. The second kappa shape index (κ2) is 6.42. The monoisotopic (exact) mass is 331 g/mol. The summed E-state index contributed by atoms with van der Waals surface area (Å²) in [6.07, 6.45) is 0. The van der Waals surface area contributed by atoms with Crippen LogP contribution in [0.15, 0.2) is 16.6 Å². The molecule has 0 fully saturated rings. The van der Waals surface area contributed by atoms with Crippen molar-refractivity contribution < 1.29 is 24.2 Å². The first kappa shape index (κ1) is 15.3. The van der Waals surface area contributed by atoms with Gasteiger partial charge in [0.2, 0.25) is 0 Å². The van der Waals surface area contributed by atoms with Gasteiger partial charge in [0, 0.05) is 12.6 Å². The summed E-state index contributed by atoms with van der Waals surface area (Å²) in [5.41, 5.74) is 0.313. The number of carbonyl (C=O) groups is 2. The molecule has 0 unspecified atom stereocenters. The number of hydrogen-bond acceptors (Lipinski definition) is 4. The summed E-state index contributed by atoms with van der Waals surface area (Å²) >= 11 is 3.28. The number of carbonyl (C=O) groups excluding carboxylic acids is 1. The zero-order valence-electron chi connectivity index (χ0n) is 10.8. The summed E-state index contributed by atoms with van der Waals surface area (Å²) in [6.45, 7) is -0.370. The highest BCUT2D eigenvalue weighted by Crippen LogP contribution is 2.36. The Bertz CT molecular complexity index is 503. The number of halogens is 1. The minimum absolute atomic E-state index is 0.313. The maximum atomic E-state index is 12.0. The number of methoxy groups -OCH3 is 2. The van der Waals surface area contributed by atoms with Crippen LogP contribution in [0.2, 0.25) is 0 Å². The molecule has 19 heavy (non-hydrogen) atoms. The fourth-order valence-electron chi connectivity index (χ4n) is 1.54. The molecule has 0 aliphatic carbocycles. The van der Waals surface area contributed by atoms with Gasteiger partial charge in [0.15, 0.2) is 11.5 Å². The van der Waals surface area contributed by atoms with Crippen molar-refractivity contribution in [3.63, 3.8) is 0 Å². The quantitative estimate of drug-likeness (QED) is 0.887. The van der Waals surface area contributed by atoms with Gasteiger partial charge in [-0.3, -0.25) is 9.59 Å². The number of aliphatic carboxylic acids is 1. The third kappa shape index (κ3) is 3.60. The molecule has 1 amide bonds. The smallest absolute Gasteiger partial charge is 0.323 e. The normalized spacial score (nSPS) is 9.89. The highest BCUT2D eigenvalue weighted by Gasteiger charge is 2.18. The van der Waals surface area contributed by atoms with E-state index in [2.05, 4.69) is 15.9 Å². The summed E-state index contributed by atoms with van der Waals surface area (Å²) in [5, 5.41) is 8.67. The van der Waals surface area contributed by atoms with Crippen molar-refractivity contribution in [2.45, 2.75) is 0 Å². The number of hydrogen-bond donors (Lipinski definition) is 1. The lowest BCUT2D eigenvalue weighted by Gasteiger charge is -2.16. The van der Waals surface area contributed by atoms with Gasteiger partial charge in [0.1, 0.15) is 6.54 Å². The molecule has 0 spiro atoms. The van der Waals surface area contributed by atoms with Crippen LogP contribution in [0.25, 0.3) is 0 Å². The van der Waals surface area contributed by atoms with Crippen LogP contribution in [0.5, 0.6) is 11.5 Å². The van der Waals surface area contributed by atoms with Gasteiger partial charge in [0.05, 0.1) is 18.7 Å². The van der Waals surface area contributed by atoms with E-state index in [1.807, 2.05) is 0 Å². The number of nitrogens with zero attached hydrogens (tertiary/aromatic N) is 1. The van der Waals surface area contributed by atoms with E-state index in [0.717, 1.165) is 4.90 Å². The molecule has 0 atom stereocenters. The molecule has 0 aliphatic rings. The van der Waals surface area contributed by atoms with E-state index in [0.29, 0.717) is 21.5 Å². The second-order valence-corrected chi connectivity index (χ2v) is 4.60. The number of carboxylic acid groups (broad SMARTS) is 1. The van der Waals surface area contributed by atoms with E-state index in [4.69, 9.17) is 14.6 Å². The van der Waals surface area contributed by atoms with Crippen LogP contribution >= 0.6 is 15.9 Å². The summed E-state index contributed by atoms with van der Waals surface area (Å²) in [6, 6.07) is 3.06. The fourth-order valence-corrected chi connectivity index (χ4v) is 2.14.